The first kappa shape index (κ1) is 28.1. The van der Waals surface area contributed by atoms with Crippen molar-refractivity contribution >= 4 is 38.9 Å². The quantitative estimate of drug-likeness (QED) is 0.392. The number of anilines is 2. The minimum Gasteiger partial charge on any atom is -0.482 e. The second-order valence-electron chi connectivity index (χ2n) is 9.61. The Labute approximate surface area is 235 Å². The number of piperazine rings is 1. The van der Waals surface area contributed by atoms with Crippen molar-refractivity contribution in [3.8, 4) is 5.75 Å². The maximum atomic E-state index is 13.4. The second kappa shape index (κ2) is 11.2. The highest BCUT2D eigenvalue weighted by atomic mass is 35.5. The smallest absolute Gasteiger partial charge is 0.416 e. The number of para-hydroxylation sites is 1. The SMILES string of the molecule is O=C(COc1ccc(S(=O)(=O)N2CCCc3ccccc32)cc1Cl)N1CCN(c2cccc(C(F)(F)F)c2)CC1. The highest BCUT2D eigenvalue weighted by Crippen LogP contribution is 2.35. The molecule has 0 saturated carbocycles. The first-order valence-electron chi connectivity index (χ1n) is 12.8. The Bertz CT molecular complexity index is 1510. The van der Waals surface area contributed by atoms with Gasteiger partial charge in [0.25, 0.3) is 15.9 Å². The number of benzene rings is 3. The van der Waals surface area contributed by atoms with E-state index in [2.05, 4.69) is 0 Å². The van der Waals surface area contributed by atoms with E-state index in [1.807, 2.05) is 12.1 Å². The lowest BCUT2D eigenvalue weighted by Crippen LogP contribution is -2.50. The van der Waals surface area contributed by atoms with E-state index in [1.54, 1.807) is 28.0 Å². The van der Waals surface area contributed by atoms with Crippen LogP contribution in [0.1, 0.15) is 17.5 Å². The van der Waals surface area contributed by atoms with Gasteiger partial charge in [0, 0.05) is 38.4 Å². The number of hydrogen-bond acceptors (Lipinski definition) is 5. The van der Waals surface area contributed by atoms with Crippen LogP contribution in [0.25, 0.3) is 0 Å². The summed E-state index contributed by atoms with van der Waals surface area (Å²) in [7, 11) is -3.85. The van der Waals surface area contributed by atoms with Crippen molar-refractivity contribution in [3.05, 3.63) is 82.9 Å². The van der Waals surface area contributed by atoms with Crippen molar-refractivity contribution in [3.63, 3.8) is 0 Å². The average Bonchev–Trinajstić information content (AvgIpc) is 2.95. The van der Waals surface area contributed by atoms with Gasteiger partial charge < -0.3 is 14.5 Å². The minimum atomic E-state index is -4.42. The van der Waals surface area contributed by atoms with Crippen LogP contribution in [-0.2, 0) is 27.4 Å². The summed E-state index contributed by atoms with van der Waals surface area (Å²) in [6, 6.07) is 16.7. The normalized spacial score (nSPS) is 16.1. The molecule has 5 rings (SSSR count). The summed E-state index contributed by atoms with van der Waals surface area (Å²) in [5.74, 6) is -0.128. The third-order valence-corrected chi connectivity index (χ3v) is 9.19. The molecule has 12 heteroatoms. The number of sulfonamides is 1. The van der Waals surface area contributed by atoms with Gasteiger partial charge in [0.05, 0.1) is 21.2 Å². The van der Waals surface area contributed by atoms with Crippen LogP contribution in [-0.4, -0.2) is 58.6 Å². The zero-order chi connectivity index (χ0) is 28.5. The summed E-state index contributed by atoms with van der Waals surface area (Å²) >= 11 is 6.36. The third kappa shape index (κ3) is 5.85. The predicted molar refractivity (Wildman–Crippen MR) is 146 cm³/mol. The Morgan fingerprint density at radius 2 is 1.68 bits per heavy atom. The van der Waals surface area contributed by atoms with Gasteiger partial charge in [-0.3, -0.25) is 9.10 Å². The summed E-state index contributed by atoms with van der Waals surface area (Å²) in [4.78, 5) is 16.2. The van der Waals surface area contributed by atoms with E-state index in [1.165, 1.54) is 28.6 Å². The van der Waals surface area contributed by atoms with Crippen LogP contribution in [0.3, 0.4) is 0 Å². The van der Waals surface area contributed by atoms with E-state index in [0.29, 0.717) is 50.5 Å². The van der Waals surface area contributed by atoms with Gasteiger partial charge >= 0.3 is 6.18 Å². The topological polar surface area (TPSA) is 70.2 Å². The van der Waals surface area contributed by atoms with Crippen LogP contribution in [0.15, 0.2) is 71.6 Å². The molecule has 2 aliphatic heterocycles. The number of carbonyl (C=O) groups excluding carboxylic acids is 1. The molecular formula is C28H27ClF3N3O4S. The summed E-state index contributed by atoms with van der Waals surface area (Å²) < 4.78 is 72.9. The Morgan fingerprint density at radius 3 is 2.40 bits per heavy atom. The summed E-state index contributed by atoms with van der Waals surface area (Å²) in [5.41, 5.74) is 1.36. The summed E-state index contributed by atoms with van der Waals surface area (Å²) in [6.07, 6.45) is -2.90. The first-order chi connectivity index (χ1) is 19.0. The van der Waals surface area contributed by atoms with Gasteiger partial charge in [0.15, 0.2) is 6.61 Å². The average molecular weight is 594 g/mol. The van der Waals surface area contributed by atoms with Crippen LogP contribution in [0.2, 0.25) is 5.02 Å². The number of hydrogen-bond donors (Lipinski definition) is 0. The van der Waals surface area contributed by atoms with E-state index in [4.69, 9.17) is 16.3 Å². The van der Waals surface area contributed by atoms with E-state index in [-0.39, 0.29) is 28.2 Å². The Morgan fingerprint density at radius 1 is 0.925 bits per heavy atom. The van der Waals surface area contributed by atoms with Crippen LogP contribution in [0, 0.1) is 0 Å². The Kier molecular flexibility index (Phi) is 7.87. The monoisotopic (exact) mass is 593 g/mol. The molecule has 2 heterocycles. The lowest BCUT2D eigenvalue weighted by atomic mass is 10.0. The molecule has 0 aromatic heterocycles. The lowest BCUT2D eigenvalue weighted by molar-refractivity contribution is -0.137. The molecule has 0 atom stereocenters. The molecule has 1 amide bonds. The second-order valence-corrected chi connectivity index (χ2v) is 11.9. The molecule has 0 bridgehead atoms. The molecule has 0 radical (unpaired) electrons. The minimum absolute atomic E-state index is 0.0265. The highest BCUT2D eigenvalue weighted by Gasteiger charge is 2.32. The zero-order valence-electron chi connectivity index (χ0n) is 21.4. The molecule has 0 aliphatic carbocycles. The number of nitrogens with zero attached hydrogens (tertiary/aromatic N) is 3. The molecule has 0 N–H and O–H groups in total. The van der Waals surface area contributed by atoms with Crippen molar-refractivity contribution in [1.29, 1.82) is 0 Å². The lowest BCUT2D eigenvalue weighted by Gasteiger charge is -2.36. The van der Waals surface area contributed by atoms with Crippen LogP contribution < -0.4 is 13.9 Å². The van der Waals surface area contributed by atoms with Gasteiger partial charge in [-0.2, -0.15) is 13.2 Å². The number of rotatable bonds is 6. The van der Waals surface area contributed by atoms with Gasteiger partial charge in [0.2, 0.25) is 0 Å². The van der Waals surface area contributed by atoms with Crippen molar-refractivity contribution in [2.24, 2.45) is 0 Å². The highest BCUT2D eigenvalue weighted by molar-refractivity contribution is 7.92. The molecule has 0 spiro atoms. The van der Waals surface area contributed by atoms with Crippen molar-refractivity contribution in [2.45, 2.75) is 23.9 Å². The van der Waals surface area contributed by atoms with Crippen LogP contribution in [0.4, 0.5) is 24.5 Å². The molecule has 3 aromatic carbocycles. The Hall–Kier alpha value is -3.44. The fourth-order valence-electron chi connectivity index (χ4n) is 4.96. The molecule has 7 nitrogen and oxygen atoms in total. The van der Waals surface area contributed by atoms with E-state index in [0.717, 1.165) is 24.1 Å². The van der Waals surface area contributed by atoms with E-state index >= 15 is 0 Å². The Balaban J connectivity index is 1.19. The fraction of sp³-hybridized carbons (Fsp3) is 0.321. The van der Waals surface area contributed by atoms with Crippen molar-refractivity contribution in [1.82, 2.24) is 4.90 Å². The number of carbonyl (C=O) groups is 1. The number of alkyl halides is 3. The molecule has 0 unspecified atom stereocenters. The molecule has 1 fully saturated rings. The van der Waals surface area contributed by atoms with Crippen molar-refractivity contribution in [2.75, 3.05) is 48.5 Å². The van der Waals surface area contributed by atoms with Gasteiger partial charge in [-0.25, -0.2) is 8.42 Å². The summed E-state index contributed by atoms with van der Waals surface area (Å²) in [6.45, 7) is 1.45. The predicted octanol–water partition coefficient (Wildman–Crippen LogP) is 5.23. The van der Waals surface area contributed by atoms with Gasteiger partial charge in [0.1, 0.15) is 5.75 Å². The maximum absolute atomic E-state index is 13.4. The number of aryl methyl sites for hydroxylation is 1. The maximum Gasteiger partial charge on any atom is 0.416 e. The summed E-state index contributed by atoms with van der Waals surface area (Å²) in [5, 5.41) is 0.0635. The zero-order valence-corrected chi connectivity index (χ0v) is 23.0. The third-order valence-electron chi connectivity index (χ3n) is 7.08. The largest absolute Gasteiger partial charge is 0.482 e. The number of ether oxygens (including phenoxy) is 1. The number of fused-ring (bicyclic) bond motifs is 1. The van der Waals surface area contributed by atoms with Crippen LogP contribution >= 0.6 is 11.6 Å². The van der Waals surface area contributed by atoms with Gasteiger partial charge in [-0.1, -0.05) is 35.9 Å². The standard InChI is InChI=1S/C28H27ClF3N3O4S/c29-24-18-23(40(37,38)35-12-4-6-20-5-1-2-9-25(20)35)10-11-26(24)39-19-27(36)34-15-13-33(14-16-34)22-8-3-7-21(17-22)28(30,31)32/h1-3,5,7-11,17-18H,4,6,12-16,19H2. The molecule has 212 valence electrons. The molecule has 1 saturated heterocycles. The molecular weight excluding hydrogens is 567 g/mol. The van der Waals surface area contributed by atoms with Crippen molar-refractivity contribution < 1.29 is 31.1 Å². The molecule has 40 heavy (non-hydrogen) atoms. The number of amides is 1. The van der Waals surface area contributed by atoms with Gasteiger partial charge in [-0.05, 0) is 60.9 Å². The van der Waals surface area contributed by atoms with Crippen LogP contribution in [0.5, 0.6) is 5.75 Å². The first-order valence-corrected chi connectivity index (χ1v) is 14.6. The molecule has 3 aromatic rings. The van der Waals surface area contributed by atoms with E-state index in [9.17, 15) is 26.4 Å². The number of halogens is 4. The molecule has 2 aliphatic rings. The fourth-order valence-corrected chi connectivity index (χ4v) is 6.83. The van der Waals surface area contributed by atoms with Gasteiger partial charge in [-0.15, -0.1) is 0 Å². The van der Waals surface area contributed by atoms with E-state index < -0.39 is 21.8 Å².